The molecule has 2 fully saturated rings. The number of aliphatic hydroxyl groups excluding tert-OH is 1. The van der Waals surface area contributed by atoms with Gasteiger partial charge in [-0.1, -0.05) is 36.8 Å². The third kappa shape index (κ3) is 5.44. The number of hydrogen-bond donors (Lipinski definition) is 1. The number of ether oxygens (including phenoxy) is 1. The van der Waals surface area contributed by atoms with Crippen LogP contribution in [-0.2, 0) is 16.1 Å². The summed E-state index contributed by atoms with van der Waals surface area (Å²) in [6.07, 6.45) is 7.03. The smallest absolute Gasteiger partial charge is 0.309 e. The van der Waals surface area contributed by atoms with Crippen molar-refractivity contribution in [1.82, 2.24) is 9.47 Å². The minimum absolute atomic E-state index is 0.00435. The molecule has 0 bridgehead atoms. The number of esters is 1. The summed E-state index contributed by atoms with van der Waals surface area (Å²) in [5.41, 5.74) is 4.49. The average Bonchev–Trinajstić information content (AvgIpc) is 3.13. The van der Waals surface area contributed by atoms with Gasteiger partial charge in [0.05, 0.1) is 12.0 Å². The Kier molecular flexibility index (Phi) is 7.69. The molecule has 1 unspecified atom stereocenters. The largest absolute Gasteiger partial charge is 0.461 e. The quantitative estimate of drug-likeness (QED) is 0.611. The minimum Gasteiger partial charge on any atom is -0.461 e. The molecule has 1 aromatic heterocycles. The zero-order chi connectivity index (χ0) is 22.5. The maximum atomic E-state index is 12.6. The third-order valence-electron chi connectivity index (χ3n) is 7.38. The fraction of sp³-hybridized carbons (Fsp3) is 0.593. The van der Waals surface area contributed by atoms with Crippen molar-refractivity contribution in [1.29, 1.82) is 0 Å². The van der Waals surface area contributed by atoms with Gasteiger partial charge in [0.25, 0.3) is 0 Å². The van der Waals surface area contributed by atoms with Gasteiger partial charge in [0, 0.05) is 29.5 Å². The fourth-order valence-corrected chi connectivity index (χ4v) is 5.60. The van der Waals surface area contributed by atoms with Crippen LogP contribution in [0.1, 0.15) is 79.6 Å². The first-order valence-corrected chi connectivity index (χ1v) is 12.3. The van der Waals surface area contributed by atoms with Crippen molar-refractivity contribution >= 4 is 5.97 Å². The molecule has 1 saturated heterocycles. The lowest BCUT2D eigenvalue weighted by molar-refractivity contribution is -0.151. The molecule has 32 heavy (non-hydrogen) atoms. The first-order valence-electron chi connectivity index (χ1n) is 12.3. The van der Waals surface area contributed by atoms with E-state index in [0.717, 1.165) is 56.4 Å². The lowest BCUT2D eigenvalue weighted by Crippen LogP contribution is -2.33. The van der Waals surface area contributed by atoms with Crippen molar-refractivity contribution in [2.75, 3.05) is 19.6 Å². The van der Waals surface area contributed by atoms with Crippen molar-refractivity contribution in [3.05, 3.63) is 58.9 Å². The van der Waals surface area contributed by atoms with E-state index >= 15 is 0 Å². The van der Waals surface area contributed by atoms with E-state index in [1.807, 2.05) is 30.3 Å². The number of rotatable bonds is 7. The molecular weight excluding hydrogens is 400 g/mol. The number of aromatic nitrogens is 1. The molecule has 1 atom stereocenters. The Morgan fingerprint density at radius 2 is 1.75 bits per heavy atom. The highest BCUT2D eigenvalue weighted by molar-refractivity contribution is 5.72. The van der Waals surface area contributed by atoms with Crippen molar-refractivity contribution in [3.63, 3.8) is 0 Å². The predicted octanol–water partition coefficient (Wildman–Crippen LogP) is 5.10. The van der Waals surface area contributed by atoms with E-state index in [0.29, 0.717) is 12.6 Å². The average molecular weight is 439 g/mol. The van der Waals surface area contributed by atoms with Crippen molar-refractivity contribution in [2.45, 2.75) is 77.5 Å². The summed E-state index contributed by atoms with van der Waals surface area (Å²) in [6.45, 7) is 7.56. The van der Waals surface area contributed by atoms with Crippen LogP contribution in [0.25, 0.3) is 0 Å². The molecule has 1 aliphatic carbocycles. The number of aliphatic hydroxyl groups is 1. The number of benzene rings is 1. The van der Waals surface area contributed by atoms with E-state index in [1.165, 1.54) is 30.7 Å². The van der Waals surface area contributed by atoms with Gasteiger partial charge in [0.1, 0.15) is 6.61 Å². The Balaban J connectivity index is 1.32. The van der Waals surface area contributed by atoms with Crippen LogP contribution in [0.5, 0.6) is 0 Å². The number of carbonyl (C=O) groups excluding carboxylic acids is 1. The van der Waals surface area contributed by atoms with E-state index in [9.17, 15) is 9.90 Å². The molecule has 0 radical (unpaired) electrons. The molecule has 2 aliphatic rings. The van der Waals surface area contributed by atoms with Gasteiger partial charge in [-0.05, 0) is 77.1 Å². The molecule has 1 saturated carbocycles. The molecule has 5 nitrogen and oxygen atoms in total. The van der Waals surface area contributed by atoms with Crippen LogP contribution in [0.3, 0.4) is 0 Å². The number of β-amino-alcohol motifs (C(OH)–C–C–N with tert-alkyl or cyclic N) is 1. The van der Waals surface area contributed by atoms with E-state index < -0.39 is 6.10 Å². The number of aryl methyl sites for hydroxylation is 1. The van der Waals surface area contributed by atoms with Crippen LogP contribution < -0.4 is 0 Å². The van der Waals surface area contributed by atoms with Gasteiger partial charge in [-0.2, -0.15) is 0 Å². The van der Waals surface area contributed by atoms with Gasteiger partial charge >= 0.3 is 5.97 Å². The lowest BCUT2D eigenvalue weighted by Gasteiger charge is -2.31. The highest BCUT2D eigenvalue weighted by Gasteiger charge is 2.30. The number of likely N-dealkylation sites (tertiary alicyclic amines) is 1. The Bertz CT molecular complexity index is 878. The molecule has 4 rings (SSSR count). The summed E-state index contributed by atoms with van der Waals surface area (Å²) in [6, 6.07) is 12.4. The molecule has 174 valence electrons. The van der Waals surface area contributed by atoms with Crippen molar-refractivity contribution in [2.24, 2.45) is 5.92 Å². The maximum Gasteiger partial charge on any atom is 0.309 e. The monoisotopic (exact) mass is 438 g/mol. The van der Waals surface area contributed by atoms with Crippen LogP contribution >= 0.6 is 0 Å². The highest BCUT2D eigenvalue weighted by Crippen LogP contribution is 2.37. The Labute approximate surface area is 192 Å². The van der Waals surface area contributed by atoms with Gasteiger partial charge in [-0.25, -0.2) is 0 Å². The SMILES string of the molecule is Cc1cc(C(O)CN2CCCCC2)c(C)n1C1CCC(C(=O)OCc2ccccc2)CC1. The second-order valence-electron chi connectivity index (χ2n) is 9.67. The molecule has 2 heterocycles. The second-order valence-corrected chi connectivity index (χ2v) is 9.67. The van der Waals surface area contributed by atoms with Crippen LogP contribution in [-0.4, -0.2) is 40.2 Å². The van der Waals surface area contributed by atoms with Crippen LogP contribution in [0.2, 0.25) is 0 Å². The molecule has 0 amide bonds. The maximum absolute atomic E-state index is 12.6. The zero-order valence-electron chi connectivity index (χ0n) is 19.6. The van der Waals surface area contributed by atoms with Crippen LogP contribution in [0.15, 0.2) is 36.4 Å². The normalized spacial score (nSPS) is 23.1. The molecule has 2 aromatic rings. The van der Waals surface area contributed by atoms with Crippen LogP contribution in [0.4, 0.5) is 0 Å². The Hall–Kier alpha value is -2.11. The summed E-state index contributed by atoms with van der Waals surface area (Å²) < 4.78 is 7.98. The molecular formula is C27H38N2O3. The van der Waals surface area contributed by atoms with E-state index in [4.69, 9.17) is 4.74 Å². The van der Waals surface area contributed by atoms with Gasteiger partial charge in [0.2, 0.25) is 0 Å². The zero-order valence-corrected chi connectivity index (χ0v) is 19.6. The summed E-state index contributed by atoms with van der Waals surface area (Å²) in [4.78, 5) is 15.0. The molecule has 1 aliphatic heterocycles. The van der Waals surface area contributed by atoms with E-state index in [1.54, 1.807) is 0 Å². The first kappa shape index (κ1) is 23.1. The standard InChI is InChI=1S/C27H38N2O3/c1-20-17-25(26(30)18-28-15-7-4-8-16-28)21(2)29(20)24-13-11-23(12-14-24)27(31)32-19-22-9-5-3-6-10-22/h3,5-6,9-10,17,23-24,26,30H,4,7-8,11-16,18-19H2,1-2H3. The number of hydrogen-bond acceptors (Lipinski definition) is 4. The molecule has 0 spiro atoms. The van der Waals surface area contributed by atoms with E-state index in [-0.39, 0.29) is 11.9 Å². The highest BCUT2D eigenvalue weighted by atomic mass is 16.5. The third-order valence-corrected chi connectivity index (χ3v) is 7.38. The summed E-state index contributed by atoms with van der Waals surface area (Å²) in [5.74, 6) is -0.0683. The molecule has 5 heteroatoms. The van der Waals surface area contributed by atoms with Gasteiger partial charge in [-0.3, -0.25) is 4.79 Å². The number of piperidine rings is 1. The first-order chi connectivity index (χ1) is 15.5. The summed E-state index contributed by atoms with van der Waals surface area (Å²) in [5, 5.41) is 10.9. The van der Waals surface area contributed by atoms with Gasteiger partial charge in [0.15, 0.2) is 0 Å². The Morgan fingerprint density at radius 1 is 1.06 bits per heavy atom. The summed E-state index contributed by atoms with van der Waals surface area (Å²) in [7, 11) is 0. The Morgan fingerprint density at radius 3 is 2.44 bits per heavy atom. The number of carbonyl (C=O) groups is 1. The lowest BCUT2D eigenvalue weighted by atomic mass is 9.85. The van der Waals surface area contributed by atoms with Crippen molar-refractivity contribution in [3.8, 4) is 0 Å². The van der Waals surface area contributed by atoms with Crippen molar-refractivity contribution < 1.29 is 14.6 Å². The topological polar surface area (TPSA) is 54.7 Å². The van der Waals surface area contributed by atoms with Crippen LogP contribution in [0, 0.1) is 19.8 Å². The minimum atomic E-state index is -0.433. The second kappa shape index (κ2) is 10.7. The molecule has 1 aromatic carbocycles. The fourth-order valence-electron chi connectivity index (χ4n) is 5.60. The predicted molar refractivity (Wildman–Crippen MR) is 126 cm³/mol. The van der Waals surface area contributed by atoms with Gasteiger partial charge in [-0.15, -0.1) is 0 Å². The summed E-state index contributed by atoms with van der Waals surface area (Å²) >= 11 is 0. The van der Waals surface area contributed by atoms with Gasteiger partial charge < -0.3 is 19.3 Å². The number of nitrogens with zero attached hydrogens (tertiary/aromatic N) is 2. The molecule has 1 N–H and O–H groups in total. The van der Waals surface area contributed by atoms with E-state index in [2.05, 4.69) is 29.4 Å².